The van der Waals surface area contributed by atoms with Gasteiger partial charge in [-0.05, 0) is 37.6 Å². The van der Waals surface area contributed by atoms with Gasteiger partial charge < -0.3 is 9.88 Å². The van der Waals surface area contributed by atoms with Crippen molar-refractivity contribution >= 4 is 11.6 Å². The summed E-state index contributed by atoms with van der Waals surface area (Å²) in [5.41, 5.74) is 3.25. The van der Waals surface area contributed by atoms with Crippen LogP contribution in [0.15, 0.2) is 24.3 Å². The topological polar surface area (TPSA) is 34.0 Å². The second kappa shape index (κ2) is 5.45. The maximum atomic E-state index is 13.0. The van der Waals surface area contributed by atoms with Gasteiger partial charge >= 0.3 is 0 Å². The second-order valence-electron chi connectivity index (χ2n) is 4.81. The first kappa shape index (κ1) is 14.2. The van der Waals surface area contributed by atoms with E-state index in [0.717, 1.165) is 29.1 Å². The number of hydrogen-bond acceptors (Lipinski definition) is 1. The predicted octanol–water partition coefficient (Wildman–Crippen LogP) is 3.10. The van der Waals surface area contributed by atoms with E-state index in [1.165, 1.54) is 6.07 Å². The summed E-state index contributed by atoms with van der Waals surface area (Å²) in [6.45, 7) is 3.90. The molecule has 0 unspecified atom stereocenters. The maximum absolute atomic E-state index is 13.0. The van der Waals surface area contributed by atoms with Crippen molar-refractivity contribution in [1.29, 1.82) is 0 Å². The zero-order valence-electron chi connectivity index (χ0n) is 11.6. The van der Waals surface area contributed by atoms with Gasteiger partial charge in [0, 0.05) is 30.2 Å². The molecule has 20 heavy (non-hydrogen) atoms. The zero-order valence-corrected chi connectivity index (χ0v) is 11.6. The Morgan fingerprint density at radius 1 is 1.20 bits per heavy atom. The molecule has 0 aliphatic carbocycles. The Morgan fingerprint density at radius 3 is 2.45 bits per heavy atom. The molecule has 0 bridgehead atoms. The number of amides is 1. The zero-order chi connectivity index (χ0) is 14.9. The van der Waals surface area contributed by atoms with Crippen molar-refractivity contribution in [2.24, 2.45) is 7.05 Å². The summed E-state index contributed by atoms with van der Waals surface area (Å²) < 4.78 is 27.8. The van der Waals surface area contributed by atoms with Crippen LogP contribution in [0.2, 0.25) is 0 Å². The van der Waals surface area contributed by atoms with Gasteiger partial charge in [0.25, 0.3) is 0 Å². The van der Waals surface area contributed by atoms with Crippen LogP contribution < -0.4 is 5.32 Å². The molecule has 0 spiro atoms. The molecule has 3 nitrogen and oxygen atoms in total. The van der Waals surface area contributed by atoms with Gasteiger partial charge in [0.05, 0.1) is 6.42 Å². The van der Waals surface area contributed by atoms with E-state index in [0.29, 0.717) is 0 Å². The molecule has 0 radical (unpaired) electrons. The average molecular weight is 278 g/mol. The molecule has 0 atom stereocenters. The van der Waals surface area contributed by atoms with E-state index in [1.54, 1.807) is 0 Å². The van der Waals surface area contributed by atoms with Gasteiger partial charge in [-0.25, -0.2) is 8.78 Å². The second-order valence-corrected chi connectivity index (χ2v) is 4.81. The molecule has 1 N–H and O–H groups in total. The molecule has 1 heterocycles. The first-order valence-electron chi connectivity index (χ1n) is 6.25. The minimum Gasteiger partial charge on any atom is -0.352 e. The Kier molecular flexibility index (Phi) is 3.88. The van der Waals surface area contributed by atoms with Gasteiger partial charge in [-0.15, -0.1) is 0 Å². The third-order valence-electron chi connectivity index (χ3n) is 3.43. The van der Waals surface area contributed by atoms with Crippen molar-refractivity contribution in [2.45, 2.75) is 20.3 Å². The van der Waals surface area contributed by atoms with Crippen LogP contribution in [0.4, 0.5) is 14.5 Å². The van der Waals surface area contributed by atoms with Crippen molar-refractivity contribution < 1.29 is 13.6 Å². The third-order valence-corrected chi connectivity index (χ3v) is 3.43. The number of aromatic nitrogens is 1. The number of aryl methyl sites for hydroxylation is 1. The van der Waals surface area contributed by atoms with Crippen LogP contribution in [0, 0.1) is 25.5 Å². The van der Waals surface area contributed by atoms with Crippen LogP contribution in [0.25, 0.3) is 0 Å². The van der Waals surface area contributed by atoms with E-state index in [-0.39, 0.29) is 18.0 Å². The molecule has 0 aliphatic rings. The molecule has 1 amide bonds. The van der Waals surface area contributed by atoms with Gasteiger partial charge in [0.15, 0.2) is 11.6 Å². The van der Waals surface area contributed by atoms with Gasteiger partial charge in [-0.2, -0.15) is 0 Å². The quantitative estimate of drug-likeness (QED) is 0.919. The molecule has 1 aromatic carbocycles. The smallest absolute Gasteiger partial charge is 0.228 e. The fraction of sp³-hybridized carbons (Fsp3) is 0.267. The molecular weight excluding hydrogens is 262 g/mol. The van der Waals surface area contributed by atoms with Crippen molar-refractivity contribution in [3.63, 3.8) is 0 Å². The summed E-state index contributed by atoms with van der Waals surface area (Å²) in [6, 6.07) is 5.23. The van der Waals surface area contributed by atoms with Crippen LogP contribution in [0.1, 0.15) is 17.0 Å². The molecule has 5 heteroatoms. The lowest BCUT2D eigenvalue weighted by Gasteiger charge is -2.06. The first-order chi connectivity index (χ1) is 9.38. The normalized spacial score (nSPS) is 10.7. The van der Waals surface area contributed by atoms with Crippen LogP contribution in [0.3, 0.4) is 0 Å². The Labute approximate surface area is 116 Å². The summed E-state index contributed by atoms with van der Waals surface area (Å²) in [6.07, 6.45) is 0.201. The molecule has 0 saturated carbocycles. The molecular formula is C15H16F2N2O. The van der Waals surface area contributed by atoms with Crippen LogP contribution >= 0.6 is 0 Å². The Morgan fingerprint density at radius 2 is 1.90 bits per heavy atom. The minimum atomic E-state index is -0.977. The highest BCUT2D eigenvalue weighted by Crippen LogP contribution is 2.16. The van der Waals surface area contributed by atoms with E-state index in [2.05, 4.69) is 5.32 Å². The van der Waals surface area contributed by atoms with E-state index in [4.69, 9.17) is 0 Å². The molecule has 0 fully saturated rings. The van der Waals surface area contributed by atoms with Crippen molar-refractivity contribution in [3.8, 4) is 0 Å². The Balaban J connectivity index is 2.09. The van der Waals surface area contributed by atoms with E-state index >= 15 is 0 Å². The summed E-state index contributed by atoms with van der Waals surface area (Å²) >= 11 is 0. The van der Waals surface area contributed by atoms with Gasteiger partial charge in [0.2, 0.25) is 5.91 Å². The van der Waals surface area contributed by atoms with Crippen LogP contribution in [-0.2, 0) is 18.3 Å². The van der Waals surface area contributed by atoms with Gasteiger partial charge in [-0.1, -0.05) is 0 Å². The predicted molar refractivity (Wildman–Crippen MR) is 73.6 cm³/mol. The van der Waals surface area contributed by atoms with Crippen LogP contribution in [0.5, 0.6) is 0 Å². The lowest BCUT2D eigenvalue weighted by atomic mass is 10.1. The number of nitrogens with zero attached hydrogens (tertiary/aromatic N) is 1. The van der Waals surface area contributed by atoms with Crippen LogP contribution in [-0.4, -0.2) is 10.5 Å². The Hall–Kier alpha value is -2.17. The maximum Gasteiger partial charge on any atom is 0.228 e. The van der Waals surface area contributed by atoms with Crippen molar-refractivity contribution in [3.05, 3.63) is 52.9 Å². The number of anilines is 1. The lowest BCUT2D eigenvalue weighted by Crippen LogP contribution is -2.15. The number of carbonyl (C=O) groups excluding carboxylic acids is 1. The largest absolute Gasteiger partial charge is 0.352 e. The van der Waals surface area contributed by atoms with E-state index < -0.39 is 11.6 Å². The SMILES string of the molecule is Cc1cc(CC(=O)Nc2ccc(F)c(F)c2)c(C)n1C. The highest BCUT2D eigenvalue weighted by atomic mass is 19.2. The van der Waals surface area contributed by atoms with Gasteiger partial charge in [-0.3, -0.25) is 4.79 Å². The first-order valence-corrected chi connectivity index (χ1v) is 6.25. The minimum absolute atomic E-state index is 0.201. The number of halogens is 2. The number of benzene rings is 1. The highest BCUT2D eigenvalue weighted by molar-refractivity contribution is 5.92. The number of carbonyl (C=O) groups is 1. The summed E-state index contributed by atoms with van der Waals surface area (Å²) in [4.78, 5) is 11.9. The molecule has 2 aromatic rings. The van der Waals surface area contributed by atoms with Crippen molar-refractivity contribution in [1.82, 2.24) is 4.57 Å². The molecule has 0 saturated heterocycles. The van der Waals surface area contributed by atoms with E-state index in [9.17, 15) is 13.6 Å². The summed E-state index contributed by atoms with van der Waals surface area (Å²) in [5.74, 6) is -2.17. The van der Waals surface area contributed by atoms with E-state index in [1.807, 2.05) is 31.5 Å². The fourth-order valence-corrected chi connectivity index (χ4v) is 2.06. The number of rotatable bonds is 3. The molecule has 106 valence electrons. The van der Waals surface area contributed by atoms with Gasteiger partial charge in [0.1, 0.15) is 0 Å². The Bertz CT molecular complexity index is 662. The third kappa shape index (κ3) is 2.87. The molecule has 0 aliphatic heterocycles. The fourth-order valence-electron chi connectivity index (χ4n) is 2.06. The summed E-state index contributed by atoms with van der Waals surface area (Å²) in [5, 5.41) is 2.56. The number of nitrogens with one attached hydrogen (secondary N) is 1. The molecule has 2 rings (SSSR count). The molecule has 1 aromatic heterocycles. The average Bonchev–Trinajstić information content (AvgIpc) is 2.61. The summed E-state index contributed by atoms with van der Waals surface area (Å²) in [7, 11) is 1.93. The van der Waals surface area contributed by atoms with Crippen molar-refractivity contribution in [2.75, 3.05) is 5.32 Å². The monoisotopic (exact) mass is 278 g/mol. The standard InChI is InChI=1S/C15H16F2N2O/c1-9-6-11(10(2)19(9)3)7-15(20)18-12-4-5-13(16)14(17)8-12/h4-6,8H,7H2,1-3H3,(H,18,20). The lowest BCUT2D eigenvalue weighted by molar-refractivity contribution is -0.115. The number of hydrogen-bond donors (Lipinski definition) is 1. The highest BCUT2D eigenvalue weighted by Gasteiger charge is 2.11.